The van der Waals surface area contributed by atoms with E-state index in [9.17, 15) is 10.2 Å². The minimum Gasteiger partial charge on any atom is -0.393 e. The molecule has 0 radical (unpaired) electrons. The van der Waals surface area contributed by atoms with Crippen LogP contribution in [0.25, 0.3) is 0 Å². The second kappa shape index (κ2) is 7.83. The molecule has 0 amide bonds. The molecule has 0 heterocycles. The van der Waals surface area contributed by atoms with Crippen LogP contribution in [0.15, 0.2) is 23.3 Å². The highest BCUT2D eigenvalue weighted by molar-refractivity contribution is 5.27. The van der Waals surface area contributed by atoms with Gasteiger partial charge in [0.2, 0.25) is 0 Å². The van der Waals surface area contributed by atoms with Gasteiger partial charge in [-0.1, -0.05) is 44.1 Å². The maximum Gasteiger partial charge on any atom is 0.0658 e. The summed E-state index contributed by atoms with van der Waals surface area (Å²) in [6.45, 7) is 11.9. The minimum absolute atomic E-state index is 0.101. The number of fused-ring (bicyclic) bond motifs is 5. The van der Waals surface area contributed by atoms with Gasteiger partial charge < -0.3 is 10.2 Å². The lowest BCUT2D eigenvalue weighted by molar-refractivity contribution is -0.108. The van der Waals surface area contributed by atoms with Crippen molar-refractivity contribution >= 4 is 0 Å². The normalized spacial score (nSPS) is 47.5. The van der Waals surface area contributed by atoms with E-state index in [1.807, 2.05) is 0 Å². The Labute approximate surface area is 178 Å². The smallest absolute Gasteiger partial charge is 0.0658 e. The van der Waals surface area contributed by atoms with E-state index < -0.39 is 0 Å². The molecule has 29 heavy (non-hydrogen) atoms. The largest absolute Gasteiger partial charge is 0.393 e. The van der Waals surface area contributed by atoms with Crippen molar-refractivity contribution in [3.8, 4) is 0 Å². The molecule has 2 heteroatoms. The fourth-order valence-electron chi connectivity index (χ4n) is 8.51. The Bertz CT molecular complexity index is 674. The lowest BCUT2D eigenvalue weighted by Crippen LogP contribution is -2.55. The second-order valence-corrected chi connectivity index (χ2v) is 11.8. The Morgan fingerprint density at radius 2 is 1.93 bits per heavy atom. The van der Waals surface area contributed by atoms with E-state index in [1.54, 1.807) is 0 Å². The van der Waals surface area contributed by atoms with Gasteiger partial charge in [-0.05, 0) is 100 Å². The highest BCUT2D eigenvalue weighted by Gasteiger charge is 2.60. The van der Waals surface area contributed by atoms with Crippen molar-refractivity contribution < 1.29 is 10.2 Å². The van der Waals surface area contributed by atoms with E-state index in [0.717, 1.165) is 30.1 Å². The summed E-state index contributed by atoms with van der Waals surface area (Å²) in [5, 5.41) is 21.3. The molecule has 0 aliphatic heterocycles. The molecule has 0 aromatic carbocycles. The van der Waals surface area contributed by atoms with Gasteiger partial charge in [-0.3, -0.25) is 0 Å². The molecule has 3 fully saturated rings. The van der Waals surface area contributed by atoms with Crippen LogP contribution in [-0.4, -0.2) is 22.4 Å². The van der Waals surface area contributed by atoms with Crippen LogP contribution in [0.1, 0.15) is 92.4 Å². The van der Waals surface area contributed by atoms with E-state index in [4.69, 9.17) is 0 Å². The Hall–Kier alpha value is -0.600. The third-order valence-corrected chi connectivity index (χ3v) is 10.1. The summed E-state index contributed by atoms with van der Waals surface area (Å²) in [7, 11) is 0. The van der Waals surface area contributed by atoms with Gasteiger partial charge in [-0.25, -0.2) is 0 Å². The maximum absolute atomic E-state index is 11.1. The van der Waals surface area contributed by atoms with E-state index in [-0.39, 0.29) is 17.6 Å². The molecule has 0 aromatic heterocycles. The zero-order chi connectivity index (χ0) is 21.0. The number of aliphatic hydroxyl groups is 2. The van der Waals surface area contributed by atoms with Gasteiger partial charge in [0.05, 0.1) is 12.2 Å². The van der Waals surface area contributed by atoms with Crippen LogP contribution < -0.4 is 0 Å². The molecular formula is C27H44O2. The molecule has 4 aliphatic carbocycles. The summed E-state index contributed by atoms with van der Waals surface area (Å²) in [5.41, 5.74) is 3.18. The van der Waals surface area contributed by atoms with Crippen molar-refractivity contribution in [3.63, 3.8) is 0 Å². The first-order chi connectivity index (χ1) is 13.7. The van der Waals surface area contributed by atoms with Crippen LogP contribution in [0.5, 0.6) is 0 Å². The molecule has 9 atom stereocenters. The molecular weight excluding hydrogens is 356 g/mol. The van der Waals surface area contributed by atoms with E-state index in [1.165, 1.54) is 56.1 Å². The lowest BCUT2D eigenvalue weighted by Gasteiger charge is -2.59. The van der Waals surface area contributed by atoms with Crippen LogP contribution >= 0.6 is 0 Å². The van der Waals surface area contributed by atoms with Crippen LogP contribution in [0.2, 0.25) is 0 Å². The minimum atomic E-state index is -0.380. The fourth-order valence-corrected chi connectivity index (χ4v) is 8.51. The van der Waals surface area contributed by atoms with Crippen LogP contribution in [0.4, 0.5) is 0 Å². The fraction of sp³-hybridized carbons (Fsp3) is 0.852. The Morgan fingerprint density at radius 3 is 2.66 bits per heavy atom. The molecule has 0 aromatic rings. The SMILES string of the molecule is CC(C)=CCC[C@@H](C)[C@H]1CC[C@H]2[C@@H]3CC=C4C[C@@H](O)C[C@H](O)[C@]4(C)[C@H]3CC[C@]12C. The maximum atomic E-state index is 11.1. The highest BCUT2D eigenvalue weighted by Crippen LogP contribution is 2.67. The molecule has 0 unspecified atom stereocenters. The quantitative estimate of drug-likeness (QED) is 0.545. The number of hydrogen-bond donors (Lipinski definition) is 2. The standard InChI is InChI=1S/C27H44O2/c1-17(2)7-6-8-18(3)22-11-12-23-21-10-9-19-15-20(28)16-25(29)27(19,5)24(21)13-14-26(22,23)4/h7,9,18,20-25,28-29H,6,8,10-16H2,1-5H3/t18-,20-,21+,22-,23+,24+,25+,26-,27+/m1/s1. The van der Waals surface area contributed by atoms with Gasteiger partial charge in [0.1, 0.15) is 0 Å². The first kappa shape index (κ1) is 21.6. The van der Waals surface area contributed by atoms with Gasteiger partial charge in [-0.15, -0.1) is 0 Å². The molecule has 2 nitrogen and oxygen atoms in total. The van der Waals surface area contributed by atoms with E-state index in [2.05, 4.69) is 46.8 Å². The molecule has 2 N–H and O–H groups in total. The van der Waals surface area contributed by atoms with E-state index in [0.29, 0.717) is 17.8 Å². The monoisotopic (exact) mass is 400 g/mol. The van der Waals surface area contributed by atoms with Crippen LogP contribution in [0, 0.1) is 40.4 Å². The van der Waals surface area contributed by atoms with Gasteiger partial charge >= 0.3 is 0 Å². The predicted molar refractivity (Wildman–Crippen MR) is 120 cm³/mol. The molecule has 4 aliphatic rings. The second-order valence-electron chi connectivity index (χ2n) is 11.8. The van der Waals surface area contributed by atoms with Crippen molar-refractivity contribution in [2.45, 2.75) is 105 Å². The molecule has 0 saturated heterocycles. The van der Waals surface area contributed by atoms with Crippen molar-refractivity contribution in [2.24, 2.45) is 40.4 Å². The van der Waals surface area contributed by atoms with Crippen molar-refractivity contribution in [1.29, 1.82) is 0 Å². The first-order valence-electron chi connectivity index (χ1n) is 12.4. The van der Waals surface area contributed by atoms with Gasteiger partial charge in [0.15, 0.2) is 0 Å². The zero-order valence-corrected chi connectivity index (χ0v) is 19.5. The Balaban J connectivity index is 1.54. The van der Waals surface area contributed by atoms with Crippen LogP contribution in [0.3, 0.4) is 0 Å². The van der Waals surface area contributed by atoms with Gasteiger partial charge in [0, 0.05) is 11.8 Å². The third kappa shape index (κ3) is 3.47. The number of rotatable bonds is 4. The number of aliphatic hydroxyl groups excluding tert-OH is 2. The molecule has 0 bridgehead atoms. The summed E-state index contributed by atoms with van der Waals surface area (Å²) >= 11 is 0. The summed E-state index contributed by atoms with van der Waals surface area (Å²) < 4.78 is 0. The topological polar surface area (TPSA) is 40.5 Å². The highest BCUT2D eigenvalue weighted by atomic mass is 16.3. The van der Waals surface area contributed by atoms with Crippen molar-refractivity contribution in [3.05, 3.63) is 23.3 Å². The average Bonchev–Trinajstić information content (AvgIpc) is 3.00. The first-order valence-corrected chi connectivity index (χ1v) is 12.4. The Kier molecular flexibility index (Phi) is 5.84. The van der Waals surface area contributed by atoms with Crippen molar-refractivity contribution in [2.75, 3.05) is 0 Å². The van der Waals surface area contributed by atoms with E-state index >= 15 is 0 Å². The molecule has 0 spiro atoms. The molecule has 164 valence electrons. The lowest BCUT2D eigenvalue weighted by atomic mass is 9.46. The summed E-state index contributed by atoms with van der Waals surface area (Å²) in [6, 6.07) is 0. The number of allylic oxidation sites excluding steroid dienone is 3. The third-order valence-electron chi connectivity index (χ3n) is 10.1. The van der Waals surface area contributed by atoms with Gasteiger partial charge in [0.25, 0.3) is 0 Å². The van der Waals surface area contributed by atoms with Crippen LogP contribution in [-0.2, 0) is 0 Å². The van der Waals surface area contributed by atoms with Crippen molar-refractivity contribution in [1.82, 2.24) is 0 Å². The predicted octanol–water partition coefficient (Wildman–Crippen LogP) is 6.28. The summed E-state index contributed by atoms with van der Waals surface area (Å²) in [4.78, 5) is 0. The molecule has 3 saturated carbocycles. The summed E-state index contributed by atoms with van der Waals surface area (Å²) in [6.07, 6.45) is 14.5. The average molecular weight is 401 g/mol. The zero-order valence-electron chi connectivity index (χ0n) is 19.5. The number of hydrogen-bond acceptors (Lipinski definition) is 2. The Morgan fingerprint density at radius 1 is 1.17 bits per heavy atom. The summed E-state index contributed by atoms with van der Waals surface area (Å²) in [5.74, 6) is 3.80. The molecule has 4 rings (SSSR count). The van der Waals surface area contributed by atoms with Gasteiger partial charge in [-0.2, -0.15) is 0 Å².